The predicted molar refractivity (Wildman–Crippen MR) is 40.2 cm³/mol. The largest absolute Gasteiger partial charge is 0.325 e. The van der Waals surface area contributed by atoms with Crippen molar-refractivity contribution in [3.8, 4) is 0 Å². The number of rotatable bonds is 0. The first-order valence-electron chi connectivity index (χ1n) is 3.92. The maximum atomic E-state index is 6.02. The molecule has 0 radical (unpaired) electrons. The van der Waals surface area contributed by atoms with Crippen molar-refractivity contribution in [2.24, 2.45) is 11.7 Å². The molecule has 1 nitrogen and oxygen atoms in total. The van der Waals surface area contributed by atoms with Gasteiger partial charge < -0.3 is 5.73 Å². The Morgan fingerprint density at radius 3 is 2.44 bits per heavy atom. The van der Waals surface area contributed by atoms with Gasteiger partial charge in [0.15, 0.2) is 0 Å². The molecule has 0 aromatic carbocycles. The van der Waals surface area contributed by atoms with E-state index >= 15 is 0 Å². The van der Waals surface area contributed by atoms with Crippen LogP contribution in [0.3, 0.4) is 0 Å². The van der Waals surface area contributed by atoms with E-state index < -0.39 is 0 Å². The molecule has 1 aliphatic carbocycles. The second-order valence-electron chi connectivity index (χ2n) is 3.65. The molecule has 0 aliphatic heterocycles. The normalized spacial score (nSPS) is 45.0. The van der Waals surface area contributed by atoms with Crippen molar-refractivity contribution >= 4 is 0 Å². The molecule has 0 bridgehead atoms. The lowest BCUT2D eigenvalue weighted by molar-refractivity contribution is 0.226. The first-order valence-corrected chi connectivity index (χ1v) is 3.92. The summed E-state index contributed by atoms with van der Waals surface area (Å²) >= 11 is 0. The van der Waals surface area contributed by atoms with E-state index in [2.05, 4.69) is 13.8 Å². The highest BCUT2D eigenvalue weighted by Crippen LogP contribution is 2.30. The van der Waals surface area contributed by atoms with Crippen LogP contribution in [-0.2, 0) is 0 Å². The summed E-state index contributed by atoms with van der Waals surface area (Å²) in [6.45, 7) is 4.44. The number of hydrogen-bond donors (Lipinski definition) is 1. The van der Waals surface area contributed by atoms with Gasteiger partial charge in [-0.2, -0.15) is 0 Å². The van der Waals surface area contributed by atoms with Crippen molar-refractivity contribution in [1.82, 2.24) is 0 Å². The summed E-state index contributed by atoms with van der Waals surface area (Å²) in [7, 11) is 0. The van der Waals surface area contributed by atoms with E-state index in [1.54, 1.807) is 0 Å². The molecule has 0 saturated heterocycles. The second kappa shape index (κ2) is 2.30. The van der Waals surface area contributed by atoms with Crippen LogP contribution in [0.2, 0.25) is 0 Å². The first-order chi connectivity index (χ1) is 4.13. The van der Waals surface area contributed by atoms with Crippen LogP contribution < -0.4 is 5.73 Å². The predicted octanol–water partition coefficient (Wildman–Crippen LogP) is 1.91. The summed E-state index contributed by atoms with van der Waals surface area (Å²) in [4.78, 5) is 0. The molecular weight excluding hydrogens is 110 g/mol. The summed E-state index contributed by atoms with van der Waals surface area (Å²) < 4.78 is 0. The standard InChI is InChI=1S/C8H17N/c1-7-5-3-4-6-8(7,2)9/h7H,3-6,9H2,1-2H3/t7-,8+/m0/s1. The molecule has 1 aliphatic rings. The van der Waals surface area contributed by atoms with Crippen LogP contribution in [0.1, 0.15) is 39.5 Å². The zero-order valence-corrected chi connectivity index (χ0v) is 6.48. The van der Waals surface area contributed by atoms with E-state index in [0.29, 0.717) is 0 Å². The van der Waals surface area contributed by atoms with E-state index in [4.69, 9.17) is 5.73 Å². The van der Waals surface area contributed by atoms with Crippen molar-refractivity contribution in [2.45, 2.75) is 45.1 Å². The maximum Gasteiger partial charge on any atom is 0.0151 e. The van der Waals surface area contributed by atoms with Gasteiger partial charge in [0.1, 0.15) is 0 Å². The third kappa shape index (κ3) is 1.45. The average molecular weight is 127 g/mol. The van der Waals surface area contributed by atoms with Gasteiger partial charge in [-0.3, -0.25) is 0 Å². The highest BCUT2D eigenvalue weighted by molar-refractivity contribution is 4.87. The minimum Gasteiger partial charge on any atom is -0.325 e. The lowest BCUT2D eigenvalue weighted by Gasteiger charge is -2.35. The van der Waals surface area contributed by atoms with Gasteiger partial charge in [-0.05, 0) is 25.7 Å². The van der Waals surface area contributed by atoms with Crippen molar-refractivity contribution < 1.29 is 0 Å². The fourth-order valence-corrected chi connectivity index (χ4v) is 1.53. The van der Waals surface area contributed by atoms with E-state index in [0.717, 1.165) is 5.92 Å². The van der Waals surface area contributed by atoms with E-state index in [1.165, 1.54) is 25.7 Å². The molecule has 0 aromatic heterocycles. The van der Waals surface area contributed by atoms with Crippen LogP contribution >= 0.6 is 0 Å². The molecule has 1 heteroatoms. The molecule has 2 N–H and O–H groups in total. The Morgan fingerprint density at radius 2 is 2.11 bits per heavy atom. The Morgan fingerprint density at radius 1 is 1.44 bits per heavy atom. The molecule has 1 saturated carbocycles. The zero-order chi connectivity index (χ0) is 6.91. The number of nitrogens with two attached hydrogens (primary N) is 1. The molecule has 1 fully saturated rings. The summed E-state index contributed by atoms with van der Waals surface area (Å²) in [6, 6.07) is 0. The molecule has 54 valence electrons. The van der Waals surface area contributed by atoms with Gasteiger partial charge in [0.05, 0.1) is 0 Å². The SMILES string of the molecule is C[C@H]1CCCC[C@@]1(C)N. The van der Waals surface area contributed by atoms with Crippen LogP contribution in [0, 0.1) is 5.92 Å². The van der Waals surface area contributed by atoms with Crippen LogP contribution in [0.5, 0.6) is 0 Å². The van der Waals surface area contributed by atoms with E-state index in [-0.39, 0.29) is 5.54 Å². The van der Waals surface area contributed by atoms with Crippen molar-refractivity contribution in [3.05, 3.63) is 0 Å². The molecule has 0 unspecified atom stereocenters. The lowest BCUT2D eigenvalue weighted by atomic mass is 9.76. The van der Waals surface area contributed by atoms with Gasteiger partial charge >= 0.3 is 0 Å². The fraction of sp³-hybridized carbons (Fsp3) is 1.00. The molecule has 0 spiro atoms. The molecule has 9 heavy (non-hydrogen) atoms. The Balaban J connectivity index is 2.49. The van der Waals surface area contributed by atoms with Crippen LogP contribution in [0.15, 0.2) is 0 Å². The highest BCUT2D eigenvalue weighted by atomic mass is 14.7. The minimum absolute atomic E-state index is 0.137. The minimum atomic E-state index is 0.137. The summed E-state index contributed by atoms with van der Waals surface area (Å²) in [5.41, 5.74) is 6.16. The molecule has 0 heterocycles. The number of hydrogen-bond acceptors (Lipinski definition) is 1. The first kappa shape index (κ1) is 7.07. The zero-order valence-electron chi connectivity index (χ0n) is 6.48. The highest BCUT2D eigenvalue weighted by Gasteiger charge is 2.28. The topological polar surface area (TPSA) is 26.0 Å². The molecular formula is C8H17N. The summed E-state index contributed by atoms with van der Waals surface area (Å²) in [5.74, 6) is 0.728. The Labute approximate surface area is 57.6 Å². The molecule has 0 aromatic rings. The van der Waals surface area contributed by atoms with Crippen LogP contribution in [0.4, 0.5) is 0 Å². The van der Waals surface area contributed by atoms with Gasteiger partial charge in [-0.1, -0.05) is 19.8 Å². The van der Waals surface area contributed by atoms with Gasteiger partial charge in [0.2, 0.25) is 0 Å². The van der Waals surface area contributed by atoms with Crippen molar-refractivity contribution in [3.63, 3.8) is 0 Å². The third-order valence-corrected chi connectivity index (χ3v) is 2.73. The lowest BCUT2D eigenvalue weighted by Crippen LogP contribution is -2.44. The summed E-state index contributed by atoms with van der Waals surface area (Å²) in [6.07, 6.45) is 5.26. The fourth-order valence-electron chi connectivity index (χ4n) is 1.53. The van der Waals surface area contributed by atoms with Gasteiger partial charge in [-0.15, -0.1) is 0 Å². The van der Waals surface area contributed by atoms with Crippen LogP contribution in [-0.4, -0.2) is 5.54 Å². The van der Waals surface area contributed by atoms with Crippen molar-refractivity contribution in [2.75, 3.05) is 0 Å². The molecule has 2 atom stereocenters. The Hall–Kier alpha value is -0.0400. The van der Waals surface area contributed by atoms with Gasteiger partial charge in [-0.25, -0.2) is 0 Å². The maximum absolute atomic E-state index is 6.02. The summed E-state index contributed by atoms with van der Waals surface area (Å²) in [5, 5.41) is 0. The quantitative estimate of drug-likeness (QED) is 0.528. The molecule has 0 amide bonds. The smallest absolute Gasteiger partial charge is 0.0151 e. The third-order valence-electron chi connectivity index (χ3n) is 2.73. The Bertz CT molecular complexity index is 96.7. The monoisotopic (exact) mass is 127 g/mol. The average Bonchev–Trinajstić information content (AvgIpc) is 1.77. The van der Waals surface area contributed by atoms with Gasteiger partial charge in [0, 0.05) is 5.54 Å². The molecule has 1 rings (SSSR count). The van der Waals surface area contributed by atoms with Crippen LogP contribution in [0.25, 0.3) is 0 Å². The van der Waals surface area contributed by atoms with E-state index in [9.17, 15) is 0 Å². The Kier molecular flexibility index (Phi) is 1.80. The van der Waals surface area contributed by atoms with Gasteiger partial charge in [0.25, 0.3) is 0 Å². The van der Waals surface area contributed by atoms with Crippen molar-refractivity contribution in [1.29, 1.82) is 0 Å². The second-order valence-corrected chi connectivity index (χ2v) is 3.65. The van der Waals surface area contributed by atoms with E-state index in [1.807, 2.05) is 0 Å².